The van der Waals surface area contributed by atoms with Crippen LogP contribution in [0.1, 0.15) is 52.9 Å². The first-order chi connectivity index (χ1) is 8.17. The zero-order valence-corrected chi connectivity index (χ0v) is 11.7. The van der Waals surface area contributed by atoms with Gasteiger partial charge < -0.3 is 9.47 Å². The quantitative estimate of drug-likeness (QED) is 0.353. The fourth-order valence-electron chi connectivity index (χ4n) is 1.49. The Bertz CT molecular complexity index is 244. The molecule has 0 aromatic carbocycles. The molecule has 0 heterocycles. The van der Waals surface area contributed by atoms with Gasteiger partial charge in [0, 0.05) is 7.11 Å². The lowest BCUT2D eigenvalue weighted by Crippen LogP contribution is -2.14. The molecular weight excluding hydrogens is 216 g/mol. The monoisotopic (exact) mass is 242 g/mol. The molecule has 0 saturated carbocycles. The Hall–Kier alpha value is -0.830. The molecule has 0 aromatic rings. The topological polar surface area (TPSA) is 35.5 Å². The van der Waals surface area contributed by atoms with Gasteiger partial charge in [-0.25, -0.2) is 4.79 Å². The summed E-state index contributed by atoms with van der Waals surface area (Å²) in [5.41, 5.74) is 1.78. The second kappa shape index (κ2) is 10.3. The van der Waals surface area contributed by atoms with Gasteiger partial charge in [-0.2, -0.15) is 0 Å². The molecule has 0 unspecified atom stereocenters. The van der Waals surface area contributed by atoms with Gasteiger partial charge in [0.1, 0.15) is 0 Å². The number of esters is 1. The van der Waals surface area contributed by atoms with Crippen LogP contribution in [-0.4, -0.2) is 26.3 Å². The van der Waals surface area contributed by atoms with Crippen LogP contribution in [0.3, 0.4) is 0 Å². The molecule has 0 aliphatic heterocycles. The predicted molar refractivity (Wildman–Crippen MR) is 70.0 cm³/mol. The summed E-state index contributed by atoms with van der Waals surface area (Å²) in [5.74, 6) is -0.214. The third-order valence-electron chi connectivity index (χ3n) is 2.69. The molecule has 100 valence electrons. The molecule has 0 N–H and O–H groups in total. The van der Waals surface area contributed by atoms with Crippen LogP contribution in [0, 0.1) is 0 Å². The summed E-state index contributed by atoms with van der Waals surface area (Å²) in [6.07, 6.45) is 5.12. The number of methoxy groups -OCH3 is 1. The highest BCUT2D eigenvalue weighted by molar-refractivity contribution is 5.89. The highest BCUT2D eigenvalue weighted by Crippen LogP contribution is 2.14. The van der Waals surface area contributed by atoms with E-state index in [0.29, 0.717) is 18.8 Å². The van der Waals surface area contributed by atoms with Crippen LogP contribution >= 0.6 is 0 Å². The highest BCUT2D eigenvalue weighted by Gasteiger charge is 2.13. The predicted octanol–water partition coefficient (Wildman–Crippen LogP) is 3.48. The third kappa shape index (κ3) is 7.16. The van der Waals surface area contributed by atoms with Crippen molar-refractivity contribution >= 4 is 5.97 Å². The number of allylic oxidation sites excluding steroid dienone is 1. The highest BCUT2D eigenvalue weighted by atomic mass is 16.5. The Morgan fingerprint density at radius 1 is 1.12 bits per heavy atom. The molecule has 3 heteroatoms. The number of unbranched alkanes of at least 4 members (excludes halogenated alkanes) is 2. The molecule has 0 aromatic heterocycles. The first-order valence-electron chi connectivity index (χ1n) is 6.52. The van der Waals surface area contributed by atoms with E-state index in [0.717, 1.165) is 37.7 Å². The number of hydrogen-bond donors (Lipinski definition) is 0. The van der Waals surface area contributed by atoms with Gasteiger partial charge in [0.05, 0.1) is 18.8 Å². The molecule has 0 rings (SSSR count). The normalized spacial score (nSPS) is 12.2. The summed E-state index contributed by atoms with van der Waals surface area (Å²) in [4.78, 5) is 11.9. The lowest BCUT2D eigenvalue weighted by molar-refractivity contribution is -0.139. The van der Waals surface area contributed by atoms with Gasteiger partial charge in [0.2, 0.25) is 0 Å². The smallest absolute Gasteiger partial charge is 0.336 e. The Balaban J connectivity index is 4.42. The molecule has 0 bridgehead atoms. The van der Waals surface area contributed by atoms with Crippen LogP contribution in [0.2, 0.25) is 0 Å². The average molecular weight is 242 g/mol. The summed E-state index contributed by atoms with van der Waals surface area (Å²) in [6, 6.07) is 0. The summed E-state index contributed by atoms with van der Waals surface area (Å²) in [5, 5.41) is 0. The second-order valence-electron chi connectivity index (χ2n) is 4.28. The van der Waals surface area contributed by atoms with Gasteiger partial charge in [-0.15, -0.1) is 0 Å². The lowest BCUT2D eigenvalue weighted by atomic mass is 10.0. The van der Waals surface area contributed by atoms with E-state index in [-0.39, 0.29) is 5.97 Å². The molecule has 0 aliphatic rings. The van der Waals surface area contributed by atoms with Crippen molar-refractivity contribution in [2.75, 3.05) is 20.3 Å². The molecule has 0 aliphatic carbocycles. The maximum absolute atomic E-state index is 11.9. The molecule has 0 spiro atoms. The van der Waals surface area contributed by atoms with E-state index in [1.165, 1.54) is 0 Å². The third-order valence-corrected chi connectivity index (χ3v) is 2.69. The van der Waals surface area contributed by atoms with Crippen LogP contribution in [-0.2, 0) is 14.3 Å². The van der Waals surface area contributed by atoms with E-state index in [4.69, 9.17) is 9.47 Å². The number of rotatable bonds is 9. The first kappa shape index (κ1) is 16.2. The first-order valence-corrected chi connectivity index (χ1v) is 6.52. The van der Waals surface area contributed by atoms with Crippen LogP contribution in [0.4, 0.5) is 0 Å². The van der Waals surface area contributed by atoms with Crippen LogP contribution in [0.15, 0.2) is 11.1 Å². The van der Waals surface area contributed by atoms with Crippen molar-refractivity contribution in [3.05, 3.63) is 11.1 Å². The van der Waals surface area contributed by atoms with Crippen molar-refractivity contribution in [1.82, 2.24) is 0 Å². The molecule has 0 saturated heterocycles. The van der Waals surface area contributed by atoms with Crippen molar-refractivity contribution in [3.63, 3.8) is 0 Å². The second-order valence-corrected chi connectivity index (χ2v) is 4.28. The van der Waals surface area contributed by atoms with Crippen molar-refractivity contribution < 1.29 is 14.3 Å². The van der Waals surface area contributed by atoms with Crippen LogP contribution in [0.5, 0.6) is 0 Å². The van der Waals surface area contributed by atoms with Crippen molar-refractivity contribution in [1.29, 1.82) is 0 Å². The molecule has 0 atom stereocenters. The van der Waals surface area contributed by atoms with E-state index >= 15 is 0 Å². The van der Waals surface area contributed by atoms with E-state index in [1.54, 1.807) is 7.11 Å². The molecule has 3 nitrogen and oxygen atoms in total. The largest absolute Gasteiger partial charge is 0.462 e. The molecular formula is C14H26O3. The average Bonchev–Trinajstić information content (AvgIpc) is 2.33. The van der Waals surface area contributed by atoms with Crippen molar-refractivity contribution in [2.45, 2.75) is 52.9 Å². The van der Waals surface area contributed by atoms with Crippen LogP contribution in [0.25, 0.3) is 0 Å². The SMILES string of the molecule is CCCCOC(=O)C(COC)=C(C)CCCC. The minimum Gasteiger partial charge on any atom is -0.462 e. The molecule has 0 radical (unpaired) electrons. The Kier molecular flexibility index (Phi) is 9.83. The Morgan fingerprint density at radius 3 is 2.29 bits per heavy atom. The Labute approximate surface area is 105 Å². The number of hydrogen-bond acceptors (Lipinski definition) is 3. The Morgan fingerprint density at radius 2 is 1.76 bits per heavy atom. The van der Waals surface area contributed by atoms with Gasteiger partial charge in [-0.05, 0) is 26.2 Å². The minimum absolute atomic E-state index is 0.214. The molecule has 17 heavy (non-hydrogen) atoms. The minimum atomic E-state index is -0.214. The molecule has 0 amide bonds. The van der Waals surface area contributed by atoms with E-state index < -0.39 is 0 Å². The zero-order chi connectivity index (χ0) is 13.1. The van der Waals surface area contributed by atoms with E-state index in [2.05, 4.69) is 13.8 Å². The van der Waals surface area contributed by atoms with Gasteiger partial charge >= 0.3 is 5.97 Å². The summed E-state index contributed by atoms with van der Waals surface area (Å²) >= 11 is 0. The summed E-state index contributed by atoms with van der Waals surface area (Å²) in [6.45, 7) is 7.06. The fourth-order valence-corrected chi connectivity index (χ4v) is 1.49. The van der Waals surface area contributed by atoms with Crippen molar-refractivity contribution in [3.8, 4) is 0 Å². The van der Waals surface area contributed by atoms with E-state index in [9.17, 15) is 4.79 Å². The standard InChI is InChI=1S/C14H26O3/c1-5-7-9-12(3)13(11-16-4)14(15)17-10-8-6-2/h5-11H2,1-4H3. The van der Waals surface area contributed by atoms with Gasteiger partial charge in [0.25, 0.3) is 0 Å². The van der Waals surface area contributed by atoms with Crippen molar-refractivity contribution in [2.24, 2.45) is 0 Å². The summed E-state index contributed by atoms with van der Waals surface area (Å²) < 4.78 is 10.3. The van der Waals surface area contributed by atoms with E-state index in [1.807, 2.05) is 6.92 Å². The zero-order valence-electron chi connectivity index (χ0n) is 11.7. The maximum atomic E-state index is 11.9. The number of carbonyl (C=O) groups excluding carboxylic acids is 1. The number of ether oxygens (including phenoxy) is 2. The van der Waals surface area contributed by atoms with Crippen LogP contribution < -0.4 is 0 Å². The number of carbonyl (C=O) groups is 1. The molecule has 0 fully saturated rings. The van der Waals surface area contributed by atoms with Gasteiger partial charge in [0.15, 0.2) is 0 Å². The van der Waals surface area contributed by atoms with Gasteiger partial charge in [-0.3, -0.25) is 0 Å². The summed E-state index contributed by atoms with van der Waals surface area (Å²) in [7, 11) is 1.60. The lowest BCUT2D eigenvalue weighted by Gasteiger charge is -2.11. The van der Waals surface area contributed by atoms with Gasteiger partial charge in [-0.1, -0.05) is 32.3 Å². The fraction of sp³-hybridized carbons (Fsp3) is 0.786. The maximum Gasteiger partial charge on any atom is 0.336 e.